The van der Waals surface area contributed by atoms with Gasteiger partial charge in [0.1, 0.15) is 5.82 Å². The summed E-state index contributed by atoms with van der Waals surface area (Å²) < 4.78 is 51.4. The number of carbonyl (C=O) groups is 2. The highest BCUT2D eigenvalue weighted by Gasteiger charge is 2.42. The lowest BCUT2D eigenvalue weighted by molar-refractivity contribution is -0.310. The van der Waals surface area contributed by atoms with Crippen LogP contribution in [0.2, 0.25) is 0 Å². The molecule has 9 heteroatoms. The van der Waals surface area contributed by atoms with Crippen LogP contribution in [0.4, 0.5) is 23.2 Å². The molecule has 0 aliphatic heterocycles. The standard InChI is InChI=1S/C15H18F4N2O3/c1-7(14(23)24)5-9-3-4-10(16)11(6-9)21-13(22)12(20)8(2)15(17,18)19/h3-4,6-8,12H,5,20H2,1-2H3,(H,21,22)(H,23,24)/p-1/t7-,8?,12-/m0/s1. The number of carbonyl (C=O) groups excluding carboxylic acids is 2. The zero-order valence-corrected chi connectivity index (χ0v) is 13.0. The second kappa shape index (κ2) is 7.61. The molecule has 0 fully saturated rings. The van der Waals surface area contributed by atoms with Crippen molar-refractivity contribution < 1.29 is 32.3 Å². The fraction of sp³-hybridized carbons (Fsp3) is 0.467. The van der Waals surface area contributed by atoms with Crippen molar-refractivity contribution in [3.8, 4) is 0 Å². The maximum atomic E-state index is 13.7. The van der Waals surface area contributed by atoms with E-state index in [0.717, 1.165) is 19.1 Å². The Kier molecular flexibility index (Phi) is 6.30. The number of halogens is 4. The van der Waals surface area contributed by atoms with E-state index in [1.54, 1.807) is 0 Å². The molecule has 1 aromatic rings. The SMILES string of the molecule is CC([C@H](N)C(=O)Nc1cc(C[C@H](C)C(=O)[O-])ccc1F)C(F)(F)F. The number of carboxylic acids is 1. The summed E-state index contributed by atoms with van der Waals surface area (Å²) in [4.78, 5) is 22.5. The van der Waals surface area contributed by atoms with Crippen LogP contribution >= 0.6 is 0 Å². The molecule has 5 nitrogen and oxygen atoms in total. The zero-order valence-electron chi connectivity index (χ0n) is 13.0. The summed E-state index contributed by atoms with van der Waals surface area (Å²) in [6, 6.07) is 1.53. The van der Waals surface area contributed by atoms with Gasteiger partial charge in [-0.1, -0.05) is 19.9 Å². The van der Waals surface area contributed by atoms with Crippen molar-refractivity contribution in [2.24, 2.45) is 17.6 Å². The summed E-state index contributed by atoms with van der Waals surface area (Å²) in [7, 11) is 0. The Morgan fingerprint density at radius 1 is 1.29 bits per heavy atom. The number of aliphatic carboxylic acids is 1. The normalized spacial score (nSPS) is 15.5. The van der Waals surface area contributed by atoms with Gasteiger partial charge in [-0.3, -0.25) is 4.79 Å². The smallest absolute Gasteiger partial charge is 0.393 e. The van der Waals surface area contributed by atoms with Gasteiger partial charge in [0.25, 0.3) is 0 Å². The van der Waals surface area contributed by atoms with Gasteiger partial charge in [-0.2, -0.15) is 13.2 Å². The predicted molar refractivity (Wildman–Crippen MR) is 76.1 cm³/mol. The lowest BCUT2D eigenvalue weighted by atomic mass is 10.00. The zero-order chi connectivity index (χ0) is 18.7. The van der Waals surface area contributed by atoms with E-state index in [4.69, 9.17) is 5.73 Å². The summed E-state index contributed by atoms with van der Waals surface area (Å²) in [5.41, 5.74) is 5.27. The molecule has 0 saturated carbocycles. The minimum absolute atomic E-state index is 0.0104. The first-order valence-corrected chi connectivity index (χ1v) is 7.06. The second-order valence-electron chi connectivity index (χ2n) is 5.58. The maximum absolute atomic E-state index is 13.7. The van der Waals surface area contributed by atoms with Crippen LogP contribution in [0.15, 0.2) is 18.2 Å². The van der Waals surface area contributed by atoms with E-state index in [1.807, 2.05) is 5.32 Å². The van der Waals surface area contributed by atoms with Crippen molar-refractivity contribution >= 4 is 17.6 Å². The van der Waals surface area contributed by atoms with Crippen molar-refractivity contribution in [2.45, 2.75) is 32.5 Å². The number of alkyl halides is 3. The van der Waals surface area contributed by atoms with Crippen LogP contribution in [0.1, 0.15) is 19.4 Å². The largest absolute Gasteiger partial charge is 0.550 e. The van der Waals surface area contributed by atoms with E-state index in [1.165, 1.54) is 13.0 Å². The van der Waals surface area contributed by atoms with Gasteiger partial charge in [0.05, 0.1) is 17.6 Å². The first-order valence-electron chi connectivity index (χ1n) is 7.06. The third kappa shape index (κ3) is 5.19. The molecule has 0 saturated heterocycles. The van der Waals surface area contributed by atoms with E-state index in [9.17, 15) is 32.3 Å². The van der Waals surface area contributed by atoms with Crippen LogP contribution in [0.3, 0.4) is 0 Å². The molecule has 0 aliphatic carbocycles. The van der Waals surface area contributed by atoms with Gasteiger partial charge in [0, 0.05) is 5.97 Å². The number of rotatable bonds is 6. The second-order valence-corrected chi connectivity index (χ2v) is 5.58. The number of nitrogens with two attached hydrogens (primary N) is 1. The lowest BCUT2D eigenvalue weighted by Gasteiger charge is -2.22. The van der Waals surface area contributed by atoms with Crippen LogP contribution in [0, 0.1) is 17.7 Å². The Labute approximate surface area is 135 Å². The molecule has 1 rings (SSSR count). The highest BCUT2D eigenvalue weighted by molar-refractivity contribution is 5.95. The molecule has 0 bridgehead atoms. The van der Waals surface area contributed by atoms with Gasteiger partial charge in [0.15, 0.2) is 0 Å². The molecule has 0 aromatic heterocycles. The summed E-state index contributed by atoms with van der Waals surface area (Å²) in [6.45, 7) is 2.14. The van der Waals surface area contributed by atoms with Crippen molar-refractivity contribution in [3.63, 3.8) is 0 Å². The van der Waals surface area contributed by atoms with Crippen LogP contribution in [-0.2, 0) is 16.0 Å². The quantitative estimate of drug-likeness (QED) is 0.755. The number of anilines is 1. The predicted octanol–water partition coefficient (Wildman–Crippen LogP) is 1.22. The molecule has 1 amide bonds. The number of hydrogen-bond donors (Lipinski definition) is 2. The van der Waals surface area contributed by atoms with E-state index in [-0.39, 0.29) is 12.1 Å². The Hall–Kier alpha value is -2.16. The highest BCUT2D eigenvalue weighted by atomic mass is 19.4. The Morgan fingerprint density at radius 2 is 1.88 bits per heavy atom. The fourth-order valence-electron chi connectivity index (χ4n) is 1.88. The van der Waals surface area contributed by atoms with Crippen LogP contribution < -0.4 is 16.2 Å². The first kappa shape index (κ1) is 19.9. The van der Waals surface area contributed by atoms with Crippen molar-refractivity contribution in [1.82, 2.24) is 0 Å². The monoisotopic (exact) mass is 349 g/mol. The molecule has 1 aromatic carbocycles. The van der Waals surface area contributed by atoms with Crippen LogP contribution in [0.5, 0.6) is 0 Å². The van der Waals surface area contributed by atoms with Gasteiger partial charge in [-0.25, -0.2) is 4.39 Å². The topological polar surface area (TPSA) is 95.2 Å². The molecule has 3 atom stereocenters. The number of benzene rings is 1. The third-order valence-electron chi connectivity index (χ3n) is 3.59. The molecule has 3 N–H and O–H groups in total. The molecular weight excluding hydrogens is 332 g/mol. The molecule has 24 heavy (non-hydrogen) atoms. The highest BCUT2D eigenvalue weighted by Crippen LogP contribution is 2.28. The average molecular weight is 349 g/mol. The van der Waals surface area contributed by atoms with E-state index in [2.05, 4.69) is 0 Å². The van der Waals surface area contributed by atoms with E-state index in [0.29, 0.717) is 5.56 Å². The Balaban J connectivity index is 2.90. The minimum atomic E-state index is -4.67. The summed E-state index contributed by atoms with van der Waals surface area (Å²) in [6.07, 6.45) is -4.66. The van der Waals surface area contributed by atoms with Gasteiger partial charge >= 0.3 is 6.18 Å². The number of hydrogen-bond acceptors (Lipinski definition) is 4. The first-order chi connectivity index (χ1) is 10.9. The van der Waals surface area contributed by atoms with E-state index < -0.39 is 41.7 Å². The molecule has 1 unspecified atom stereocenters. The number of amides is 1. The Bertz CT molecular complexity index is 619. The molecule has 0 aliphatic rings. The van der Waals surface area contributed by atoms with Gasteiger partial charge in [-0.05, 0) is 30.0 Å². The van der Waals surface area contributed by atoms with Crippen molar-refractivity contribution in [3.05, 3.63) is 29.6 Å². The number of nitrogens with one attached hydrogen (secondary N) is 1. The van der Waals surface area contributed by atoms with Crippen LogP contribution in [0.25, 0.3) is 0 Å². The minimum Gasteiger partial charge on any atom is -0.550 e. The van der Waals surface area contributed by atoms with Crippen LogP contribution in [-0.4, -0.2) is 24.1 Å². The third-order valence-corrected chi connectivity index (χ3v) is 3.59. The molecule has 0 heterocycles. The van der Waals surface area contributed by atoms with E-state index >= 15 is 0 Å². The van der Waals surface area contributed by atoms with Gasteiger partial charge < -0.3 is 21.0 Å². The maximum Gasteiger partial charge on any atom is 0.393 e. The summed E-state index contributed by atoms with van der Waals surface area (Å²) in [5, 5.41) is 12.7. The fourth-order valence-corrected chi connectivity index (χ4v) is 1.88. The average Bonchev–Trinajstić information content (AvgIpc) is 2.47. The van der Waals surface area contributed by atoms with Gasteiger partial charge in [0.2, 0.25) is 5.91 Å². The molecular formula is C15H17F4N2O3-. The molecule has 0 radical (unpaired) electrons. The summed E-state index contributed by atoms with van der Waals surface area (Å²) in [5.74, 6) is -6.33. The molecule has 134 valence electrons. The lowest BCUT2D eigenvalue weighted by Crippen LogP contribution is -2.46. The number of carboxylic acid groups (broad SMARTS) is 1. The Morgan fingerprint density at radius 3 is 2.38 bits per heavy atom. The summed E-state index contributed by atoms with van der Waals surface area (Å²) >= 11 is 0. The molecule has 0 spiro atoms. The van der Waals surface area contributed by atoms with Crippen molar-refractivity contribution in [1.29, 1.82) is 0 Å². The van der Waals surface area contributed by atoms with Gasteiger partial charge in [-0.15, -0.1) is 0 Å². The van der Waals surface area contributed by atoms with Crippen molar-refractivity contribution in [2.75, 3.05) is 5.32 Å².